The maximum Gasteiger partial charge on any atom is 0.301 e. The van der Waals surface area contributed by atoms with Crippen molar-refractivity contribution in [2.45, 2.75) is 13.8 Å². The van der Waals surface area contributed by atoms with Gasteiger partial charge in [0.15, 0.2) is 0 Å². The predicted molar refractivity (Wildman–Crippen MR) is 86.9 cm³/mol. The molecule has 0 aliphatic heterocycles. The molecular formula is C15H14N4O4. The van der Waals surface area contributed by atoms with Crippen LogP contribution in [0.4, 0.5) is 17.1 Å². The third kappa shape index (κ3) is 3.88. The summed E-state index contributed by atoms with van der Waals surface area (Å²) >= 11 is 0. The largest absolute Gasteiger partial charge is 0.301 e. The molecule has 1 N–H and O–H groups in total. The molecule has 2 rings (SSSR count). The fraction of sp³-hybridized carbons (Fsp3) is 0.133. The highest BCUT2D eigenvalue weighted by molar-refractivity contribution is 5.82. The summed E-state index contributed by atoms with van der Waals surface area (Å²) in [4.78, 5) is 20.3. The van der Waals surface area contributed by atoms with E-state index in [-0.39, 0.29) is 11.4 Å². The van der Waals surface area contributed by atoms with E-state index in [1.165, 1.54) is 12.1 Å². The number of hydrazone groups is 1. The van der Waals surface area contributed by atoms with Gasteiger partial charge in [-0.15, -0.1) is 0 Å². The van der Waals surface area contributed by atoms with Crippen LogP contribution in [0, 0.1) is 34.1 Å². The second kappa shape index (κ2) is 6.65. The van der Waals surface area contributed by atoms with Gasteiger partial charge in [-0.05, 0) is 31.0 Å². The van der Waals surface area contributed by atoms with E-state index in [1.54, 1.807) is 6.21 Å². The van der Waals surface area contributed by atoms with Crippen LogP contribution in [-0.2, 0) is 0 Å². The van der Waals surface area contributed by atoms with Crippen molar-refractivity contribution in [3.05, 3.63) is 73.3 Å². The van der Waals surface area contributed by atoms with Crippen molar-refractivity contribution < 1.29 is 9.85 Å². The van der Waals surface area contributed by atoms with E-state index in [0.29, 0.717) is 0 Å². The number of hydrogen-bond donors (Lipinski definition) is 1. The molecule has 0 unspecified atom stereocenters. The maximum absolute atomic E-state index is 11.0. The number of rotatable bonds is 5. The van der Waals surface area contributed by atoms with E-state index in [9.17, 15) is 20.2 Å². The van der Waals surface area contributed by atoms with Crippen molar-refractivity contribution in [2.24, 2.45) is 5.10 Å². The monoisotopic (exact) mass is 314 g/mol. The normalized spacial score (nSPS) is 10.7. The first-order chi connectivity index (χ1) is 10.9. The minimum absolute atomic E-state index is 0.0853. The third-order valence-electron chi connectivity index (χ3n) is 3.21. The average Bonchev–Trinajstić information content (AvgIpc) is 2.50. The molecule has 0 saturated carbocycles. The van der Waals surface area contributed by atoms with Crippen LogP contribution < -0.4 is 5.43 Å². The number of non-ortho nitro benzene ring substituents is 1. The minimum atomic E-state index is -0.692. The number of nitro groups is 2. The quantitative estimate of drug-likeness (QED) is 0.515. The van der Waals surface area contributed by atoms with Gasteiger partial charge in [-0.25, -0.2) is 0 Å². The van der Waals surface area contributed by atoms with E-state index in [4.69, 9.17) is 0 Å². The summed E-state index contributed by atoms with van der Waals surface area (Å²) in [6.45, 7) is 3.88. The Morgan fingerprint density at radius 3 is 2.43 bits per heavy atom. The Labute approximate surface area is 131 Å². The molecule has 0 amide bonds. The lowest BCUT2D eigenvalue weighted by atomic mass is 10.1. The summed E-state index contributed by atoms with van der Waals surface area (Å²) in [5.41, 5.74) is 4.85. The second-order valence-electron chi connectivity index (χ2n) is 4.95. The van der Waals surface area contributed by atoms with E-state index >= 15 is 0 Å². The number of nitro benzene ring substituents is 2. The molecule has 0 heterocycles. The zero-order chi connectivity index (χ0) is 17.0. The molecule has 0 atom stereocenters. The molecule has 0 aliphatic carbocycles. The zero-order valence-corrected chi connectivity index (χ0v) is 12.5. The number of aryl methyl sites for hydroxylation is 2. The molecule has 0 radical (unpaired) electrons. The van der Waals surface area contributed by atoms with Crippen molar-refractivity contribution in [3.8, 4) is 0 Å². The topological polar surface area (TPSA) is 111 Å². The van der Waals surface area contributed by atoms with Gasteiger partial charge in [-0.2, -0.15) is 5.10 Å². The first kappa shape index (κ1) is 16.1. The number of hydrogen-bond acceptors (Lipinski definition) is 6. The highest BCUT2D eigenvalue weighted by Crippen LogP contribution is 2.28. The second-order valence-corrected chi connectivity index (χ2v) is 4.95. The zero-order valence-electron chi connectivity index (χ0n) is 12.5. The smallest absolute Gasteiger partial charge is 0.272 e. The molecule has 2 aromatic rings. The van der Waals surface area contributed by atoms with Gasteiger partial charge in [0, 0.05) is 6.07 Å². The van der Waals surface area contributed by atoms with Gasteiger partial charge in [0.25, 0.3) is 5.69 Å². The van der Waals surface area contributed by atoms with E-state index < -0.39 is 15.5 Å². The molecule has 118 valence electrons. The van der Waals surface area contributed by atoms with Gasteiger partial charge in [-0.3, -0.25) is 25.7 Å². The minimum Gasteiger partial charge on any atom is -0.272 e. The maximum atomic E-state index is 11.0. The molecule has 0 bridgehead atoms. The Morgan fingerprint density at radius 1 is 1.04 bits per heavy atom. The van der Waals surface area contributed by atoms with Crippen LogP contribution in [0.5, 0.6) is 0 Å². The molecule has 0 saturated heterocycles. The molecule has 23 heavy (non-hydrogen) atoms. The predicted octanol–water partition coefficient (Wildman–Crippen LogP) is 3.57. The number of benzene rings is 2. The SMILES string of the molecule is Cc1ccc(C)c(C=NNc2ccc([N+](=O)[O-])cc2[N+](=O)[O-])c1. The summed E-state index contributed by atoms with van der Waals surface area (Å²) in [5.74, 6) is 0. The summed E-state index contributed by atoms with van der Waals surface area (Å²) in [7, 11) is 0. The van der Waals surface area contributed by atoms with Crippen LogP contribution in [0.25, 0.3) is 0 Å². The Balaban J connectivity index is 2.26. The lowest BCUT2D eigenvalue weighted by Crippen LogP contribution is -1.99. The molecule has 2 aromatic carbocycles. The lowest BCUT2D eigenvalue weighted by Gasteiger charge is -2.03. The van der Waals surface area contributed by atoms with Crippen LogP contribution in [0.1, 0.15) is 16.7 Å². The standard InChI is InChI=1S/C15H14N4O4/c1-10-3-4-11(2)12(7-10)9-16-17-14-6-5-13(18(20)21)8-15(14)19(22)23/h3-9,17H,1-2H3. The van der Waals surface area contributed by atoms with Gasteiger partial charge in [0.2, 0.25) is 0 Å². The van der Waals surface area contributed by atoms with Crippen molar-refractivity contribution in [2.75, 3.05) is 5.43 Å². The molecule has 0 aliphatic rings. The Morgan fingerprint density at radius 2 is 1.78 bits per heavy atom. The molecular weight excluding hydrogens is 300 g/mol. The fourth-order valence-corrected chi connectivity index (χ4v) is 1.95. The third-order valence-corrected chi connectivity index (χ3v) is 3.21. The highest BCUT2D eigenvalue weighted by Gasteiger charge is 2.19. The summed E-state index contributed by atoms with van der Waals surface area (Å²) < 4.78 is 0. The van der Waals surface area contributed by atoms with Crippen LogP contribution in [0.15, 0.2) is 41.5 Å². The van der Waals surface area contributed by atoms with Gasteiger partial charge in [0.05, 0.1) is 22.1 Å². The van der Waals surface area contributed by atoms with Gasteiger partial charge < -0.3 is 0 Å². The average molecular weight is 314 g/mol. The molecule has 8 heteroatoms. The number of anilines is 1. The van der Waals surface area contributed by atoms with E-state index in [0.717, 1.165) is 22.8 Å². The summed E-state index contributed by atoms with van der Waals surface area (Å²) in [6.07, 6.45) is 1.55. The van der Waals surface area contributed by atoms with Crippen molar-refractivity contribution in [3.63, 3.8) is 0 Å². The molecule has 0 fully saturated rings. The highest BCUT2D eigenvalue weighted by atomic mass is 16.6. The Hall–Kier alpha value is -3.29. The van der Waals surface area contributed by atoms with Crippen LogP contribution in [-0.4, -0.2) is 16.1 Å². The van der Waals surface area contributed by atoms with Gasteiger partial charge in [-0.1, -0.05) is 23.8 Å². The lowest BCUT2D eigenvalue weighted by molar-refractivity contribution is -0.393. The van der Waals surface area contributed by atoms with Crippen LogP contribution in [0.2, 0.25) is 0 Å². The Kier molecular flexibility index (Phi) is 4.65. The molecule has 0 aromatic heterocycles. The molecule has 8 nitrogen and oxygen atoms in total. The van der Waals surface area contributed by atoms with Crippen LogP contribution in [0.3, 0.4) is 0 Å². The van der Waals surface area contributed by atoms with Crippen LogP contribution >= 0.6 is 0 Å². The molecule has 0 spiro atoms. The van der Waals surface area contributed by atoms with E-state index in [2.05, 4.69) is 10.5 Å². The summed E-state index contributed by atoms with van der Waals surface area (Å²) in [5, 5.41) is 25.7. The van der Waals surface area contributed by atoms with Gasteiger partial charge >= 0.3 is 5.69 Å². The summed E-state index contributed by atoms with van der Waals surface area (Å²) in [6, 6.07) is 9.20. The number of nitrogens with zero attached hydrogens (tertiary/aromatic N) is 3. The first-order valence-corrected chi connectivity index (χ1v) is 6.67. The fourth-order valence-electron chi connectivity index (χ4n) is 1.95. The Bertz CT molecular complexity index is 802. The van der Waals surface area contributed by atoms with Gasteiger partial charge in [0.1, 0.15) is 5.69 Å². The van der Waals surface area contributed by atoms with E-state index in [1.807, 2.05) is 32.0 Å². The number of nitrogens with one attached hydrogen (secondary N) is 1. The first-order valence-electron chi connectivity index (χ1n) is 6.67. The van der Waals surface area contributed by atoms with Crippen molar-refractivity contribution >= 4 is 23.3 Å². The van der Waals surface area contributed by atoms with Crippen molar-refractivity contribution in [1.82, 2.24) is 0 Å². The van der Waals surface area contributed by atoms with Crippen molar-refractivity contribution in [1.29, 1.82) is 0 Å².